The molecule has 0 fully saturated rings. The molecule has 1 aromatic rings. The summed E-state index contributed by atoms with van der Waals surface area (Å²) >= 11 is 0. The molecule has 2 aliphatic rings. The molecule has 0 aliphatic heterocycles. The summed E-state index contributed by atoms with van der Waals surface area (Å²) in [5.74, 6) is 1.23. The standard InChI is InChI=1S/C19H22.2ClH.Zr/c1-3-6-16-10-9-14(2)18-12-11-17(19(16)18)13-15-7-4-5-8-15;;;/h4-5,7-12,15,17H,3,6,13H2,1-2H3;2*1H;/q;;;+2/p-2. The van der Waals surface area contributed by atoms with E-state index < -0.39 is 0 Å². The maximum atomic E-state index is 2.41. The van der Waals surface area contributed by atoms with Gasteiger partial charge in [-0.15, -0.1) is 0 Å². The Morgan fingerprint density at radius 3 is 2.32 bits per heavy atom. The average Bonchev–Trinajstić information content (AvgIpc) is 3.04. The predicted molar refractivity (Wildman–Crippen MR) is 83.3 cm³/mol. The van der Waals surface area contributed by atoms with E-state index in [1.165, 1.54) is 30.4 Å². The second kappa shape index (κ2) is 9.91. The molecule has 1 aromatic carbocycles. The number of hydrogen-bond acceptors (Lipinski definition) is 0. The molecule has 0 N–H and O–H groups in total. The van der Waals surface area contributed by atoms with Crippen LogP contribution in [0.2, 0.25) is 0 Å². The zero-order valence-corrected chi connectivity index (χ0v) is 17.1. The fourth-order valence-corrected chi connectivity index (χ4v) is 3.37. The fraction of sp³-hybridized carbons (Fsp3) is 0.368. The van der Waals surface area contributed by atoms with Crippen molar-refractivity contribution in [2.45, 2.75) is 39.0 Å². The van der Waals surface area contributed by atoms with Gasteiger partial charge in [-0.1, -0.05) is 61.9 Å². The number of allylic oxidation sites excluding steroid dienone is 5. The number of benzene rings is 1. The normalized spacial score (nSPS) is 17.6. The minimum Gasteiger partial charge on any atom is -1.00 e. The monoisotopic (exact) mass is 410 g/mol. The van der Waals surface area contributed by atoms with Gasteiger partial charge < -0.3 is 24.8 Å². The molecule has 0 radical (unpaired) electrons. The van der Waals surface area contributed by atoms with E-state index in [0.29, 0.717) is 11.8 Å². The van der Waals surface area contributed by atoms with Crippen molar-refractivity contribution >= 4 is 6.08 Å². The quantitative estimate of drug-likeness (QED) is 0.607. The fourth-order valence-electron chi connectivity index (χ4n) is 3.37. The molecule has 0 saturated heterocycles. The number of fused-ring (bicyclic) bond motifs is 1. The smallest absolute Gasteiger partial charge is 1.00 e. The van der Waals surface area contributed by atoms with Crippen LogP contribution in [-0.4, -0.2) is 0 Å². The molecule has 1 unspecified atom stereocenters. The van der Waals surface area contributed by atoms with Crippen LogP contribution in [0.4, 0.5) is 0 Å². The summed E-state index contributed by atoms with van der Waals surface area (Å²) in [6.07, 6.45) is 17.4. The third kappa shape index (κ3) is 4.47. The van der Waals surface area contributed by atoms with Gasteiger partial charge in [-0.2, -0.15) is 0 Å². The SMILES string of the molecule is CCCc1ccc(C)c2c1C(CC1C=CC=C1)C=C2.[Cl-].[Cl-].[Zr+2]. The van der Waals surface area contributed by atoms with Gasteiger partial charge >= 0.3 is 26.2 Å². The van der Waals surface area contributed by atoms with E-state index >= 15 is 0 Å². The van der Waals surface area contributed by atoms with Gasteiger partial charge in [-0.3, -0.25) is 0 Å². The van der Waals surface area contributed by atoms with Crippen LogP contribution in [0.15, 0.2) is 42.5 Å². The van der Waals surface area contributed by atoms with Crippen molar-refractivity contribution in [2.75, 3.05) is 0 Å². The summed E-state index contributed by atoms with van der Waals surface area (Å²) in [6.45, 7) is 4.50. The van der Waals surface area contributed by atoms with E-state index in [1.54, 1.807) is 11.1 Å². The van der Waals surface area contributed by atoms with Gasteiger partial charge in [0.05, 0.1) is 0 Å². The predicted octanol–water partition coefficient (Wildman–Crippen LogP) is -0.804. The Bertz CT molecular complexity index is 561. The molecule has 0 saturated carbocycles. The minimum absolute atomic E-state index is 0. The van der Waals surface area contributed by atoms with E-state index in [0.717, 1.165) is 0 Å². The molecule has 3 rings (SSSR count). The van der Waals surface area contributed by atoms with Gasteiger partial charge in [-0.05, 0) is 47.9 Å². The molecule has 22 heavy (non-hydrogen) atoms. The van der Waals surface area contributed by atoms with E-state index in [-0.39, 0.29) is 51.0 Å². The molecule has 0 bridgehead atoms. The van der Waals surface area contributed by atoms with Crippen LogP contribution in [0.3, 0.4) is 0 Å². The summed E-state index contributed by atoms with van der Waals surface area (Å²) in [4.78, 5) is 0. The molecule has 0 heterocycles. The van der Waals surface area contributed by atoms with Gasteiger partial charge in [0.15, 0.2) is 0 Å². The van der Waals surface area contributed by atoms with E-state index in [9.17, 15) is 0 Å². The van der Waals surface area contributed by atoms with E-state index in [1.807, 2.05) is 0 Å². The molecule has 1 atom stereocenters. The van der Waals surface area contributed by atoms with Crippen LogP contribution in [0, 0.1) is 12.8 Å². The molecule has 0 aromatic heterocycles. The first kappa shape index (κ1) is 21.9. The van der Waals surface area contributed by atoms with Gasteiger partial charge in [-0.25, -0.2) is 0 Å². The average molecular weight is 413 g/mol. The first-order valence-electron chi connectivity index (χ1n) is 7.45. The first-order valence-corrected chi connectivity index (χ1v) is 7.45. The van der Waals surface area contributed by atoms with Gasteiger partial charge in [0.2, 0.25) is 0 Å². The molecule has 116 valence electrons. The van der Waals surface area contributed by atoms with Crippen LogP contribution in [0.1, 0.15) is 47.9 Å². The topological polar surface area (TPSA) is 0 Å². The third-order valence-corrected chi connectivity index (χ3v) is 4.33. The first-order chi connectivity index (χ1) is 9.29. The second-order valence-corrected chi connectivity index (χ2v) is 5.75. The van der Waals surface area contributed by atoms with Crippen LogP contribution in [0.25, 0.3) is 6.08 Å². The van der Waals surface area contributed by atoms with Gasteiger partial charge in [0.1, 0.15) is 0 Å². The van der Waals surface area contributed by atoms with Crippen molar-refractivity contribution in [1.82, 2.24) is 0 Å². The van der Waals surface area contributed by atoms with Crippen LogP contribution in [0.5, 0.6) is 0 Å². The van der Waals surface area contributed by atoms with Gasteiger partial charge in [0.25, 0.3) is 0 Å². The van der Waals surface area contributed by atoms with Gasteiger partial charge in [0, 0.05) is 5.92 Å². The molecule has 0 amide bonds. The maximum absolute atomic E-state index is 2.41. The summed E-state index contributed by atoms with van der Waals surface area (Å²) in [5.41, 5.74) is 6.08. The number of aryl methyl sites for hydroxylation is 2. The summed E-state index contributed by atoms with van der Waals surface area (Å²) < 4.78 is 0. The van der Waals surface area contributed by atoms with E-state index in [4.69, 9.17) is 0 Å². The Morgan fingerprint density at radius 1 is 1.00 bits per heavy atom. The molecular weight excluding hydrogens is 390 g/mol. The Morgan fingerprint density at radius 2 is 1.68 bits per heavy atom. The molecule has 0 nitrogen and oxygen atoms in total. The zero-order chi connectivity index (χ0) is 13.2. The Hall–Kier alpha value is -0.0969. The molecular formula is C19H22Cl2Zr. The summed E-state index contributed by atoms with van der Waals surface area (Å²) in [6, 6.07) is 4.63. The maximum Gasteiger partial charge on any atom is 2.00 e. The molecule has 2 aliphatic carbocycles. The Balaban J connectivity index is 0.00000147. The number of halogens is 2. The second-order valence-electron chi connectivity index (χ2n) is 5.75. The largest absolute Gasteiger partial charge is 2.00 e. The van der Waals surface area contributed by atoms with Crippen molar-refractivity contribution in [1.29, 1.82) is 0 Å². The zero-order valence-electron chi connectivity index (χ0n) is 13.2. The van der Waals surface area contributed by atoms with Crippen molar-refractivity contribution in [3.05, 3.63) is 64.8 Å². The summed E-state index contributed by atoms with van der Waals surface area (Å²) in [5, 5.41) is 0. The van der Waals surface area contributed by atoms with Crippen molar-refractivity contribution in [3.63, 3.8) is 0 Å². The van der Waals surface area contributed by atoms with Crippen LogP contribution >= 0.6 is 0 Å². The minimum atomic E-state index is 0. The van der Waals surface area contributed by atoms with Crippen molar-refractivity contribution in [3.8, 4) is 0 Å². The van der Waals surface area contributed by atoms with Crippen LogP contribution in [-0.2, 0) is 32.6 Å². The summed E-state index contributed by atoms with van der Waals surface area (Å²) in [7, 11) is 0. The van der Waals surface area contributed by atoms with Crippen LogP contribution < -0.4 is 24.8 Å². The third-order valence-electron chi connectivity index (χ3n) is 4.33. The van der Waals surface area contributed by atoms with Crippen molar-refractivity contribution in [2.24, 2.45) is 5.92 Å². The Kier molecular flexibility index (Phi) is 9.87. The molecule has 3 heteroatoms. The molecule has 0 spiro atoms. The number of hydrogen-bond donors (Lipinski definition) is 0. The van der Waals surface area contributed by atoms with E-state index in [2.05, 4.69) is 62.4 Å². The number of rotatable bonds is 4. The Labute approximate surface area is 166 Å². The van der Waals surface area contributed by atoms with Crippen molar-refractivity contribution < 1.29 is 51.0 Å².